The van der Waals surface area contributed by atoms with E-state index < -0.39 is 0 Å². The maximum Gasteiger partial charge on any atom is 0.263 e. The van der Waals surface area contributed by atoms with E-state index in [0.717, 1.165) is 38.0 Å². The third-order valence-electron chi connectivity index (χ3n) is 7.54. The highest BCUT2D eigenvalue weighted by Crippen LogP contribution is 2.39. The minimum atomic E-state index is -0.231. The van der Waals surface area contributed by atoms with Crippen LogP contribution in [0.5, 0.6) is 0 Å². The van der Waals surface area contributed by atoms with Crippen molar-refractivity contribution in [2.24, 2.45) is 5.92 Å². The van der Waals surface area contributed by atoms with E-state index in [1.807, 2.05) is 16.7 Å². The number of carbonyl (C=O) groups excluding carboxylic acids is 1. The third kappa shape index (κ3) is 3.49. The van der Waals surface area contributed by atoms with Gasteiger partial charge < -0.3 is 15.2 Å². The fraction of sp³-hybridized carbons (Fsp3) is 0.520. The van der Waals surface area contributed by atoms with Crippen molar-refractivity contribution in [2.75, 3.05) is 19.6 Å². The number of nitrogens with zero attached hydrogens (tertiary/aromatic N) is 1. The predicted molar refractivity (Wildman–Crippen MR) is 118 cm³/mol. The molecule has 2 fully saturated rings. The first-order chi connectivity index (χ1) is 14.7. The number of rotatable bonds is 4. The zero-order chi connectivity index (χ0) is 20.6. The van der Waals surface area contributed by atoms with E-state index in [4.69, 9.17) is 0 Å². The number of amides is 1. The van der Waals surface area contributed by atoms with Crippen molar-refractivity contribution in [3.8, 4) is 0 Å². The Hall–Kier alpha value is -2.40. The molecule has 158 valence electrons. The number of fused-ring (bicyclic) bond motifs is 4. The van der Waals surface area contributed by atoms with Gasteiger partial charge in [-0.3, -0.25) is 9.59 Å². The molecular weight excluding hydrogens is 374 g/mol. The molecule has 5 heteroatoms. The molecule has 1 saturated carbocycles. The van der Waals surface area contributed by atoms with Crippen molar-refractivity contribution in [2.45, 2.75) is 56.4 Å². The summed E-state index contributed by atoms with van der Waals surface area (Å²) in [5.74, 6) is 0.631. The third-order valence-corrected chi connectivity index (χ3v) is 7.54. The first kappa shape index (κ1) is 19.6. The highest BCUT2D eigenvalue weighted by molar-refractivity contribution is 5.93. The first-order valence-electron chi connectivity index (χ1n) is 11.4. The quantitative estimate of drug-likeness (QED) is 0.821. The molecule has 1 saturated heterocycles. The van der Waals surface area contributed by atoms with Gasteiger partial charge in [-0.25, -0.2) is 0 Å². The van der Waals surface area contributed by atoms with E-state index in [9.17, 15) is 9.59 Å². The summed E-state index contributed by atoms with van der Waals surface area (Å²) in [4.78, 5) is 26.2. The molecule has 1 aromatic carbocycles. The summed E-state index contributed by atoms with van der Waals surface area (Å²) in [5.41, 5.74) is 2.51. The van der Waals surface area contributed by atoms with Crippen LogP contribution in [0, 0.1) is 5.92 Å². The van der Waals surface area contributed by atoms with Gasteiger partial charge in [0.15, 0.2) is 0 Å². The number of nitrogens with one attached hydrogen (secondary N) is 2. The van der Waals surface area contributed by atoms with Gasteiger partial charge in [-0.1, -0.05) is 49.6 Å². The van der Waals surface area contributed by atoms with Gasteiger partial charge in [0.25, 0.3) is 11.5 Å². The molecule has 5 nitrogen and oxygen atoms in total. The Morgan fingerprint density at radius 3 is 2.67 bits per heavy atom. The van der Waals surface area contributed by atoms with E-state index in [1.165, 1.54) is 24.8 Å². The highest BCUT2D eigenvalue weighted by atomic mass is 16.2. The minimum Gasteiger partial charge on any atom is -0.351 e. The van der Waals surface area contributed by atoms with Crippen LogP contribution in [-0.4, -0.2) is 30.1 Å². The Labute approximate surface area is 177 Å². The molecule has 1 aromatic heterocycles. The van der Waals surface area contributed by atoms with Gasteiger partial charge in [0.2, 0.25) is 0 Å². The van der Waals surface area contributed by atoms with Crippen molar-refractivity contribution in [3.63, 3.8) is 0 Å². The first-order valence-corrected chi connectivity index (χ1v) is 11.4. The fourth-order valence-electron chi connectivity index (χ4n) is 5.90. The van der Waals surface area contributed by atoms with E-state index in [2.05, 4.69) is 34.9 Å². The van der Waals surface area contributed by atoms with Crippen LogP contribution in [0.3, 0.4) is 0 Å². The van der Waals surface area contributed by atoms with Crippen molar-refractivity contribution < 1.29 is 4.79 Å². The van der Waals surface area contributed by atoms with Crippen LogP contribution >= 0.6 is 0 Å². The molecule has 2 N–H and O–H groups in total. The molecule has 0 unspecified atom stereocenters. The Balaban J connectivity index is 1.38. The fourth-order valence-corrected chi connectivity index (χ4v) is 5.90. The number of carbonyl (C=O) groups is 1. The molecule has 1 aliphatic carbocycles. The van der Waals surface area contributed by atoms with Crippen molar-refractivity contribution in [1.82, 2.24) is 15.2 Å². The molecule has 1 amide bonds. The molecule has 30 heavy (non-hydrogen) atoms. The van der Waals surface area contributed by atoms with Crippen LogP contribution in [0.25, 0.3) is 0 Å². The van der Waals surface area contributed by atoms with E-state index >= 15 is 0 Å². The van der Waals surface area contributed by atoms with Crippen LogP contribution in [0.15, 0.2) is 47.3 Å². The molecule has 3 aliphatic rings. The summed E-state index contributed by atoms with van der Waals surface area (Å²) < 4.78 is 1.86. The number of piperidine rings is 1. The Morgan fingerprint density at radius 1 is 1.07 bits per heavy atom. The maximum atomic E-state index is 13.2. The number of hydrogen-bond acceptors (Lipinski definition) is 3. The minimum absolute atomic E-state index is 0.0255. The van der Waals surface area contributed by atoms with E-state index in [0.29, 0.717) is 24.9 Å². The standard InChI is InChI=1S/C25H31N3O2/c29-23(27-17-25(11-5-2-6-12-25)20-7-3-1-4-8-20)21-9-10-22-19-13-18(14-26-15-19)16-28(22)24(21)30/h1,3-4,7-10,18-19,26H,2,5-6,11-17H2,(H,27,29)/t18-,19+/m0/s1. The van der Waals surface area contributed by atoms with Crippen molar-refractivity contribution in [1.29, 1.82) is 0 Å². The van der Waals surface area contributed by atoms with Crippen LogP contribution < -0.4 is 16.2 Å². The second-order valence-corrected chi connectivity index (χ2v) is 9.43. The lowest BCUT2D eigenvalue weighted by Gasteiger charge is -2.38. The molecule has 0 spiro atoms. The summed E-state index contributed by atoms with van der Waals surface area (Å²) in [6, 6.07) is 14.3. The normalized spacial score (nSPS) is 24.7. The molecule has 0 radical (unpaired) electrons. The monoisotopic (exact) mass is 405 g/mol. The van der Waals surface area contributed by atoms with E-state index in [1.54, 1.807) is 6.07 Å². The van der Waals surface area contributed by atoms with Gasteiger partial charge in [0.1, 0.15) is 5.56 Å². The average Bonchev–Trinajstić information content (AvgIpc) is 2.80. The van der Waals surface area contributed by atoms with Gasteiger partial charge in [0, 0.05) is 36.7 Å². The molecule has 2 aromatic rings. The molecule has 2 atom stereocenters. The van der Waals surface area contributed by atoms with Gasteiger partial charge in [0.05, 0.1) is 0 Å². The van der Waals surface area contributed by atoms with Crippen LogP contribution in [0.1, 0.15) is 66.1 Å². The second-order valence-electron chi connectivity index (χ2n) is 9.43. The van der Waals surface area contributed by atoms with Crippen LogP contribution in [-0.2, 0) is 12.0 Å². The average molecular weight is 406 g/mol. The molecule has 3 heterocycles. The molecular formula is C25H31N3O2. The zero-order valence-electron chi connectivity index (χ0n) is 17.5. The van der Waals surface area contributed by atoms with Gasteiger partial charge >= 0.3 is 0 Å². The second kappa shape index (κ2) is 8.03. The Kier molecular flexibility index (Phi) is 5.23. The van der Waals surface area contributed by atoms with Crippen LogP contribution in [0.4, 0.5) is 0 Å². The van der Waals surface area contributed by atoms with E-state index in [-0.39, 0.29) is 22.4 Å². The summed E-state index contributed by atoms with van der Waals surface area (Å²) >= 11 is 0. The van der Waals surface area contributed by atoms with Crippen LogP contribution in [0.2, 0.25) is 0 Å². The maximum absolute atomic E-state index is 13.2. The topological polar surface area (TPSA) is 63.1 Å². The summed E-state index contributed by atoms with van der Waals surface area (Å²) in [5, 5.41) is 6.61. The lowest BCUT2D eigenvalue weighted by atomic mass is 9.69. The van der Waals surface area contributed by atoms with Gasteiger partial charge in [-0.05, 0) is 49.4 Å². The largest absolute Gasteiger partial charge is 0.351 e. The Bertz CT molecular complexity index is 976. The Morgan fingerprint density at radius 2 is 1.87 bits per heavy atom. The summed E-state index contributed by atoms with van der Waals surface area (Å²) in [6.07, 6.45) is 6.92. The highest BCUT2D eigenvalue weighted by Gasteiger charge is 2.35. The van der Waals surface area contributed by atoms with Crippen molar-refractivity contribution >= 4 is 5.91 Å². The number of pyridine rings is 1. The predicted octanol–water partition coefficient (Wildman–Crippen LogP) is 3.19. The SMILES string of the molecule is O=C(NCC1(c2ccccc2)CCCCC1)c1ccc2n(c1=O)C[C@@H]1CNC[C@H]2C1. The smallest absolute Gasteiger partial charge is 0.263 e. The molecule has 2 bridgehead atoms. The van der Waals surface area contributed by atoms with Gasteiger partial charge in [-0.15, -0.1) is 0 Å². The molecule has 2 aliphatic heterocycles. The van der Waals surface area contributed by atoms with Crippen molar-refractivity contribution in [3.05, 3.63) is 69.6 Å². The number of hydrogen-bond donors (Lipinski definition) is 2. The summed E-state index contributed by atoms with van der Waals surface area (Å²) in [7, 11) is 0. The molecule has 5 rings (SSSR count). The number of benzene rings is 1. The lowest BCUT2D eigenvalue weighted by molar-refractivity contribution is 0.0933. The summed E-state index contributed by atoms with van der Waals surface area (Å²) in [6.45, 7) is 3.18. The van der Waals surface area contributed by atoms with Gasteiger partial charge in [-0.2, -0.15) is 0 Å². The number of aromatic nitrogens is 1. The zero-order valence-corrected chi connectivity index (χ0v) is 17.5. The lowest BCUT2D eigenvalue weighted by Crippen LogP contribution is -2.47.